The van der Waals surface area contributed by atoms with Crippen LogP contribution in [0.2, 0.25) is 0 Å². The predicted octanol–water partition coefficient (Wildman–Crippen LogP) is 1.18. The van der Waals surface area contributed by atoms with Gasteiger partial charge in [0, 0.05) is 19.5 Å². The van der Waals surface area contributed by atoms with Crippen molar-refractivity contribution in [2.24, 2.45) is 0 Å². The summed E-state index contributed by atoms with van der Waals surface area (Å²) in [5.41, 5.74) is 4.50. The van der Waals surface area contributed by atoms with Crippen molar-refractivity contribution in [1.82, 2.24) is 0 Å². The molecule has 0 saturated carbocycles. The number of nitrogens with one attached hydrogen (secondary N) is 1. The van der Waals surface area contributed by atoms with E-state index in [4.69, 9.17) is 4.91 Å². The first-order valence-electron chi connectivity index (χ1n) is 4.86. The average Bonchev–Trinajstić information content (AvgIpc) is 2.40. The summed E-state index contributed by atoms with van der Waals surface area (Å²) in [4.78, 5) is 11.8. The molecule has 0 atom stereocenters. The first kappa shape index (κ1) is 21.4. The van der Waals surface area contributed by atoms with Crippen LogP contribution in [-0.2, 0) is 70.0 Å². The summed E-state index contributed by atoms with van der Waals surface area (Å²) in [5, 5.41) is 0. The average molecular weight is 421 g/mol. The van der Waals surface area contributed by atoms with Crippen molar-refractivity contribution < 1.29 is 19.5 Å². The van der Waals surface area contributed by atoms with Crippen LogP contribution in [-0.4, -0.2) is 0 Å². The van der Waals surface area contributed by atoms with Crippen LogP contribution in [0.25, 0.3) is 0 Å². The van der Waals surface area contributed by atoms with E-state index >= 15 is 0 Å². The molecule has 2 aromatic carbocycles. The van der Waals surface area contributed by atoms with Gasteiger partial charge in [-0.1, -0.05) is 29.9 Å². The van der Waals surface area contributed by atoms with Gasteiger partial charge in [-0.05, 0) is 74.8 Å². The molecule has 2 nitrogen and oxygen atoms in total. The normalized spacial score (nSPS) is 8.00. The van der Waals surface area contributed by atoms with Crippen molar-refractivity contribution >= 4 is 50.5 Å². The summed E-state index contributed by atoms with van der Waals surface area (Å²) >= 11 is 13.6. The quantitative estimate of drug-likeness (QED) is 0.388. The Kier molecular flexibility index (Phi) is 14.7. The Morgan fingerprint density at radius 1 is 0.579 bits per heavy atom. The van der Waals surface area contributed by atoms with Crippen molar-refractivity contribution in [3.63, 3.8) is 0 Å². The molecule has 19 heavy (non-hydrogen) atoms. The third-order valence-electron chi connectivity index (χ3n) is 1.85. The van der Waals surface area contributed by atoms with Crippen LogP contribution in [0.1, 0.15) is 0 Å². The number of hydrogen-bond acceptors (Lipinski definition) is 2. The predicted molar refractivity (Wildman–Crippen MR) is 92.7 cm³/mol. The number of hydrogen-bond donors (Lipinski definition) is 1. The molecule has 0 bridgehead atoms. The molecule has 1 N–H and O–H groups in total. The van der Waals surface area contributed by atoms with Crippen molar-refractivity contribution in [3.8, 4) is 0 Å². The number of benzene rings is 2. The zero-order valence-corrected chi connectivity index (χ0v) is 15.6. The topological polar surface area (TPSA) is 40.9 Å². The number of nitroso groups, excluding NO2 is 1. The van der Waals surface area contributed by atoms with Gasteiger partial charge < -0.3 is 0 Å². The van der Waals surface area contributed by atoms with Crippen molar-refractivity contribution in [2.75, 3.05) is 0 Å². The van der Waals surface area contributed by atoms with E-state index in [0.717, 1.165) is 19.6 Å². The zero-order chi connectivity index (χ0) is 14.0. The van der Waals surface area contributed by atoms with E-state index in [1.165, 1.54) is 0 Å². The van der Waals surface area contributed by atoms with E-state index in [-0.39, 0.29) is 19.5 Å². The standard InChI is InChI=1S/2C6H6S2.HNO.Ru/c2*7-5-3-1-2-4-6(5)8;1-2;/h2*1-4,7-8H;1H;/p+4. The first-order chi connectivity index (χ1) is 8.61. The van der Waals surface area contributed by atoms with Gasteiger partial charge in [0.1, 0.15) is 0 Å². The summed E-state index contributed by atoms with van der Waals surface area (Å²) in [6.45, 7) is 0. The Hall–Kier alpha value is 0.0634. The summed E-state index contributed by atoms with van der Waals surface area (Å²) in [7, 11) is 0. The van der Waals surface area contributed by atoms with E-state index in [2.05, 4.69) is 56.1 Å². The van der Waals surface area contributed by atoms with Crippen molar-refractivity contribution in [1.29, 1.82) is 5.59 Å². The fraction of sp³-hybridized carbons (Fsp3) is 0. The van der Waals surface area contributed by atoms with Crippen LogP contribution in [0, 0.1) is 10.5 Å². The molecule has 0 spiro atoms. The summed E-state index contributed by atoms with van der Waals surface area (Å²) in [6.07, 6.45) is 0. The Morgan fingerprint density at radius 3 is 0.842 bits per heavy atom. The van der Waals surface area contributed by atoms with Gasteiger partial charge in [-0.3, -0.25) is 0 Å². The maximum absolute atomic E-state index is 7.50. The minimum absolute atomic E-state index is 0. The fourth-order valence-corrected chi connectivity index (χ4v) is 1.68. The molecular formula is C12H17NORuS4+4. The molecule has 2 rings (SSSR count). The number of rotatable bonds is 0. The van der Waals surface area contributed by atoms with Crippen molar-refractivity contribution in [2.45, 2.75) is 19.6 Å². The molecule has 104 valence electrons. The van der Waals surface area contributed by atoms with Crippen LogP contribution in [0.3, 0.4) is 0 Å². The van der Waals surface area contributed by atoms with Gasteiger partial charge in [0.15, 0.2) is 0 Å². The van der Waals surface area contributed by atoms with Crippen LogP contribution in [0.15, 0.2) is 68.1 Å². The van der Waals surface area contributed by atoms with Gasteiger partial charge in [-0.2, -0.15) is 4.91 Å². The Labute approximate surface area is 147 Å². The smallest absolute Gasteiger partial charge is 0.154 e. The Balaban J connectivity index is 0. The van der Waals surface area contributed by atoms with Gasteiger partial charge >= 0.3 is 0 Å². The van der Waals surface area contributed by atoms with Crippen LogP contribution in [0.5, 0.6) is 0 Å². The van der Waals surface area contributed by atoms with Gasteiger partial charge in [0.25, 0.3) is 0 Å². The largest absolute Gasteiger partial charge is 0.204 e. The molecule has 0 aliphatic carbocycles. The molecular weight excluding hydrogens is 403 g/mol. The van der Waals surface area contributed by atoms with Crippen LogP contribution in [0.4, 0.5) is 0 Å². The molecule has 0 saturated heterocycles. The third kappa shape index (κ3) is 9.57. The minimum atomic E-state index is 0. The molecule has 0 fully saturated rings. The second kappa shape index (κ2) is 13.1. The van der Waals surface area contributed by atoms with Gasteiger partial charge in [-0.15, -0.1) is 0 Å². The maximum Gasteiger partial charge on any atom is 0.204 e. The molecule has 2 aromatic rings. The Bertz CT molecular complexity index is 399. The maximum atomic E-state index is 7.50. The fourth-order valence-electron chi connectivity index (χ4n) is 0.966. The van der Waals surface area contributed by atoms with E-state index in [0.29, 0.717) is 0 Å². The van der Waals surface area contributed by atoms with Gasteiger partial charge in [0.2, 0.25) is 19.6 Å². The third-order valence-corrected chi connectivity index (χ3v) is 4.10. The zero-order valence-electron chi connectivity index (χ0n) is 9.88. The van der Waals surface area contributed by atoms with E-state index < -0.39 is 0 Å². The summed E-state index contributed by atoms with van der Waals surface area (Å²) < 4.78 is 0. The van der Waals surface area contributed by atoms with Gasteiger partial charge in [0.05, 0.1) is 0 Å². The Morgan fingerprint density at radius 2 is 0.737 bits per heavy atom. The molecule has 0 radical (unpaired) electrons. The second-order valence-corrected chi connectivity index (χ2v) is 5.25. The molecule has 0 aliphatic rings. The molecule has 0 unspecified atom stereocenters. The SMILES string of the molecule is N=O.[Ru].[SH2+]c1ccccc1[SH2+].[SH2+]c1ccccc1[SH2+]. The van der Waals surface area contributed by atoms with E-state index in [1.807, 2.05) is 48.5 Å². The van der Waals surface area contributed by atoms with E-state index in [1.54, 1.807) is 0 Å². The second-order valence-electron chi connectivity index (χ2n) is 3.09. The summed E-state index contributed by atoms with van der Waals surface area (Å²) in [5.74, 6) is 0. The molecule has 0 amide bonds. The monoisotopic (exact) mass is 421 g/mol. The molecule has 0 heterocycles. The summed E-state index contributed by atoms with van der Waals surface area (Å²) in [6, 6.07) is 15.9. The minimum Gasteiger partial charge on any atom is -0.154 e. The molecule has 0 aromatic heterocycles. The molecule has 7 heteroatoms. The molecule has 0 aliphatic heterocycles. The van der Waals surface area contributed by atoms with Crippen LogP contribution < -0.4 is 0 Å². The first-order valence-corrected chi connectivity index (χ1v) is 6.86. The van der Waals surface area contributed by atoms with Crippen LogP contribution >= 0.6 is 0 Å². The van der Waals surface area contributed by atoms with Crippen molar-refractivity contribution in [3.05, 3.63) is 53.4 Å². The van der Waals surface area contributed by atoms with Gasteiger partial charge in [-0.25, -0.2) is 0 Å². The van der Waals surface area contributed by atoms with E-state index in [9.17, 15) is 0 Å².